The van der Waals surface area contributed by atoms with Crippen LogP contribution in [0.15, 0.2) is 47.1 Å². The first-order valence-corrected chi connectivity index (χ1v) is 12.9. The molecule has 6 rings (SSSR count). The van der Waals surface area contributed by atoms with E-state index in [0.717, 1.165) is 54.0 Å². The number of hydrogen-bond acceptors (Lipinski definition) is 10. The number of ether oxygens (including phenoxy) is 2. The number of methoxy groups -OCH3 is 2. The second kappa shape index (κ2) is 10.1. The van der Waals surface area contributed by atoms with Gasteiger partial charge in [0.25, 0.3) is 5.91 Å². The largest absolute Gasteiger partial charge is 0.493 e. The van der Waals surface area contributed by atoms with Crippen LogP contribution in [-0.4, -0.2) is 59.4 Å². The Morgan fingerprint density at radius 1 is 1.13 bits per heavy atom. The molecule has 1 amide bonds. The summed E-state index contributed by atoms with van der Waals surface area (Å²) >= 11 is 0. The van der Waals surface area contributed by atoms with Crippen LogP contribution in [-0.2, 0) is 0 Å². The van der Waals surface area contributed by atoms with Crippen molar-refractivity contribution >= 4 is 28.4 Å². The van der Waals surface area contributed by atoms with E-state index < -0.39 is 5.91 Å². The number of amides is 1. The normalized spacial score (nSPS) is 19.9. The van der Waals surface area contributed by atoms with Gasteiger partial charge in [-0.25, -0.2) is 20.4 Å². The lowest BCUT2D eigenvalue weighted by Gasteiger charge is -2.27. The molecule has 1 saturated heterocycles. The summed E-state index contributed by atoms with van der Waals surface area (Å²) < 4.78 is 17.0. The number of carbonyl (C=O) groups excluding carboxylic acids is 1. The number of hydrogen-bond donors (Lipinski definition) is 3. The van der Waals surface area contributed by atoms with Gasteiger partial charge in [0, 0.05) is 54.6 Å². The van der Waals surface area contributed by atoms with Crippen LogP contribution in [0.2, 0.25) is 0 Å². The van der Waals surface area contributed by atoms with Gasteiger partial charge in [0.1, 0.15) is 11.5 Å². The molecule has 3 aromatic heterocycles. The molecule has 0 spiro atoms. The first-order chi connectivity index (χ1) is 19.0. The zero-order valence-corrected chi connectivity index (χ0v) is 22.0. The number of pyridine rings is 1. The van der Waals surface area contributed by atoms with Gasteiger partial charge in [0.05, 0.1) is 25.3 Å². The molecule has 1 aliphatic carbocycles. The van der Waals surface area contributed by atoms with Crippen molar-refractivity contribution in [1.29, 1.82) is 0 Å². The number of carbonyl (C=O) groups is 1. The fraction of sp³-hybridized carbons (Fsp3) is 0.357. The van der Waals surface area contributed by atoms with E-state index in [1.54, 1.807) is 19.7 Å². The SMILES string of the molecule is COc1cc2nc(-c3ccc(C)o3)cc(NCC3C4CCC3N(c3ncc(C(=O)NO)cn3)C4)c2cc1OC. The van der Waals surface area contributed by atoms with Gasteiger partial charge < -0.3 is 24.1 Å². The molecule has 2 fully saturated rings. The van der Waals surface area contributed by atoms with Crippen molar-refractivity contribution in [2.45, 2.75) is 25.8 Å². The Morgan fingerprint density at radius 2 is 1.90 bits per heavy atom. The van der Waals surface area contributed by atoms with Crippen LogP contribution in [0.3, 0.4) is 0 Å². The van der Waals surface area contributed by atoms with Gasteiger partial charge in [-0.3, -0.25) is 10.0 Å². The first kappa shape index (κ1) is 24.9. The van der Waals surface area contributed by atoms with Crippen LogP contribution in [0.1, 0.15) is 29.0 Å². The highest BCUT2D eigenvalue weighted by molar-refractivity contribution is 5.95. The lowest BCUT2D eigenvalue weighted by molar-refractivity contribution is 0.0705. The third-order valence-electron chi connectivity index (χ3n) is 7.86. The van der Waals surface area contributed by atoms with Crippen molar-refractivity contribution < 1.29 is 23.9 Å². The van der Waals surface area contributed by atoms with E-state index in [0.29, 0.717) is 35.0 Å². The van der Waals surface area contributed by atoms with Crippen molar-refractivity contribution in [3.8, 4) is 23.0 Å². The average molecular weight is 531 g/mol. The Hall–Kier alpha value is -4.38. The number of rotatable bonds is 8. The van der Waals surface area contributed by atoms with Crippen LogP contribution < -0.4 is 25.2 Å². The first-order valence-electron chi connectivity index (χ1n) is 12.9. The van der Waals surface area contributed by atoms with Gasteiger partial charge in [-0.2, -0.15) is 0 Å². The Bertz CT molecular complexity index is 1520. The number of benzene rings is 1. The minimum absolute atomic E-state index is 0.211. The number of fused-ring (bicyclic) bond motifs is 3. The maximum atomic E-state index is 11.6. The third kappa shape index (κ3) is 4.48. The number of aryl methyl sites for hydroxylation is 1. The van der Waals surface area contributed by atoms with Gasteiger partial charge in [-0.15, -0.1) is 0 Å². The highest BCUT2D eigenvalue weighted by Gasteiger charge is 2.47. The molecular weight excluding hydrogens is 500 g/mol. The van der Waals surface area contributed by atoms with Crippen molar-refractivity contribution in [3.05, 3.63) is 54.0 Å². The molecule has 3 atom stereocenters. The summed E-state index contributed by atoms with van der Waals surface area (Å²) in [7, 11) is 3.24. The van der Waals surface area contributed by atoms with E-state index in [2.05, 4.69) is 20.2 Å². The van der Waals surface area contributed by atoms with E-state index in [4.69, 9.17) is 24.1 Å². The fourth-order valence-corrected chi connectivity index (χ4v) is 5.94. The molecule has 11 nitrogen and oxygen atoms in total. The molecular formula is C28H30N6O5. The number of hydroxylamine groups is 1. The van der Waals surface area contributed by atoms with E-state index in [1.807, 2.05) is 37.3 Å². The van der Waals surface area contributed by atoms with Crippen molar-refractivity contribution in [3.63, 3.8) is 0 Å². The van der Waals surface area contributed by atoms with Crippen LogP contribution in [0.25, 0.3) is 22.4 Å². The molecule has 39 heavy (non-hydrogen) atoms. The molecule has 4 aromatic rings. The zero-order valence-electron chi connectivity index (χ0n) is 22.0. The van der Waals surface area contributed by atoms with Gasteiger partial charge in [-0.1, -0.05) is 0 Å². The number of anilines is 2. The third-order valence-corrected chi connectivity index (χ3v) is 7.86. The Morgan fingerprint density at radius 3 is 2.59 bits per heavy atom. The number of nitrogens with zero attached hydrogens (tertiary/aromatic N) is 4. The summed E-state index contributed by atoms with van der Waals surface area (Å²) in [4.78, 5) is 27.5. The molecule has 2 aliphatic rings. The van der Waals surface area contributed by atoms with Crippen LogP contribution in [0.4, 0.5) is 11.6 Å². The minimum atomic E-state index is -0.630. The second-order valence-corrected chi connectivity index (χ2v) is 10.0. The maximum absolute atomic E-state index is 11.6. The summed E-state index contributed by atoms with van der Waals surface area (Å²) in [5.74, 6) is 3.64. The number of aromatic nitrogens is 3. The quantitative estimate of drug-likeness (QED) is 0.226. The monoisotopic (exact) mass is 530 g/mol. The number of piperidine rings is 1. The predicted octanol–water partition coefficient (Wildman–Crippen LogP) is 4.06. The van der Waals surface area contributed by atoms with E-state index in [9.17, 15) is 4.79 Å². The summed E-state index contributed by atoms with van der Waals surface area (Å²) in [5, 5.41) is 13.5. The predicted molar refractivity (Wildman–Crippen MR) is 144 cm³/mol. The van der Waals surface area contributed by atoms with Gasteiger partial charge in [0.15, 0.2) is 17.3 Å². The number of furan rings is 1. The smallest absolute Gasteiger partial charge is 0.277 e. The lowest BCUT2D eigenvalue weighted by Crippen LogP contribution is -2.35. The Labute approximate surface area is 225 Å². The van der Waals surface area contributed by atoms with Crippen LogP contribution in [0.5, 0.6) is 11.5 Å². The van der Waals surface area contributed by atoms with Crippen LogP contribution >= 0.6 is 0 Å². The summed E-state index contributed by atoms with van der Waals surface area (Å²) in [6.07, 6.45) is 5.08. The Kier molecular flexibility index (Phi) is 6.43. The Balaban J connectivity index is 1.28. The van der Waals surface area contributed by atoms with E-state index >= 15 is 0 Å². The maximum Gasteiger partial charge on any atom is 0.277 e. The standard InChI is InChI=1S/C28H30N6O5/c1-15-4-7-24(39-15)22-9-20(18-8-25(37-2)26(38-3)10-21(18)32-22)29-13-19-16-5-6-23(19)34(14-16)28-30-11-17(12-31-28)27(35)33-36/h4,7-12,16,19,23,36H,5-6,13-14H2,1-3H3,(H,29,32)(H,33,35). The van der Waals surface area contributed by atoms with Gasteiger partial charge in [-0.05, 0) is 49.9 Å². The molecule has 0 radical (unpaired) electrons. The van der Waals surface area contributed by atoms with Crippen LogP contribution in [0, 0.1) is 18.8 Å². The van der Waals surface area contributed by atoms with Crippen molar-refractivity contribution in [1.82, 2.24) is 20.4 Å². The zero-order chi connectivity index (χ0) is 27.1. The van der Waals surface area contributed by atoms with Crippen molar-refractivity contribution in [2.75, 3.05) is 37.5 Å². The minimum Gasteiger partial charge on any atom is -0.493 e. The topological polar surface area (TPSA) is 135 Å². The van der Waals surface area contributed by atoms with Crippen molar-refractivity contribution in [2.24, 2.45) is 11.8 Å². The summed E-state index contributed by atoms with van der Waals surface area (Å²) in [6, 6.07) is 10.0. The van der Waals surface area contributed by atoms with Gasteiger partial charge >= 0.3 is 0 Å². The molecule has 11 heteroatoms. The second-order valence-electron chi connectivity index (χ2n) is 10.0. The molecule has 3 unspecified atom stereocenters. The molecule has 2 bridgehead atoms. The van der Waals surface area contributed by atoms with E-state index in [-0.39, 0.29) is 11.6 Å². The molecule has 4 heterocycles. The molecule has 1 saturated carbocycles. The molecule has 3 N–H and O–H groups in total. The molecule has 1 aromatic carbocycles. The average Bonchev–Trinajstić information content (AvgIpc) is 3.68. The highest BCUT2D eigenvalue weighted by atomic mass is 16.5. The number of nitrogens with one attached hydrogen (secondary N) is 2. The summed E-state index contributed by atoms with van der Waals surface area (Å²) in [5.41, 5.74) is 4.28. The molecule has 1 aliphatic heterocycles. The summed E-state index contributed by atoms with van der Waals surface area (Å²) in [6.45, 7) is 3.54. The fourth-order valence-electron chi connectivity index (χ4n) is 5.94. The molecule has 202 valence electrons. The van der Waals surface area contributed by atoms with Gasteiger partial charge in [0.2, 0.25) is 5.95 Å². The lowest BCUT2D eigenvalue weighted by atomic mass is 9.98. The highest BCUT2D eigenvalue weighted by Crippen LogP contribution is 2.44. The van der Waals surface area contributed by atoms with E-state index in [1.165, 1.54) is 12.4 Å².